The summed E-state index contributed by atoms with van der Waals surface area (Å²) in [5.74, 6) is -0.527. The van der Waals surface area contributed by atoms with Gasteiger partial charge in [-0.3, -0.25) is 10.1 Å². The van der Waals surface area contributed by atoms with Crippen molar-refractivity contribution in [3.05, 3.63) is 0 Å². The Morgan fingerprint density at radius 1 is 1.67 bits per heavy atom. The van der Waals surface area contributed by atoms with Gasteiger partial charge in [0, 0.05) is 11.5 Å². The van der Waals surface area contributed by atoms with E-state index >= 15 is 0 Å². The lowest BCUT2D eigenvalue weighted by Crippen LogP contribution is -2.36. The second kappa shape index (κ2) is 3.11. The number of amides is 1. The molecule has 6 nitrogen and oxygen atoms in total. The summed E-state index contributed by atoms with van der Waals surface area (Å²) in [5.41, 5.74) is -1.41. The van der Waals surface area contributed by atoms with E-state index in [1.165, 1.54) is 13.8 Å². The third-order valence-electron chi connectivity index (χ3n) is 1.08. The first kappa shape index (κ1) is 9.01. The largest absolute Gasteiger partial charge is 0.381 e. The van der Waals surface area contributed by atoms with Crippen molar-refractivity contribution in [1.82, 2.24) is 14.8 Å². The van der Waals surface area contributed by atoms with E-state index in [0.29, 0.717) is 0 Å². The summed E-state index contributed by atoms with van der Waals surface area (Å²) in [5, 5.41) is 18.6. The number of aliphatic hydroxyl groups is 1. The molecule has 0 atom stereocenters. The fraction of sp³-hybridized carbons (Fsp3) is 0.600. The third kappa shape index (κ3) is 2.21. The number of aromatic nitrogens is 3. The number of nitrogens with zero attached hydrogens (tertiary/aromatic N) is 3. The Hall–Kier alpha value is -1.08. The minimum absolute atomic E-state index is 0.280. The van der Waals surface area contributed by atoms with E-state index < -0.39 is 11.5 Å². The second-order valence-electron chi connectivity index (χ2n) is 2.68. The van der Waals surface area contributed by atoms with Gasteiger partial charge in [-0.05, 0) is 19.1 Å². The predicted octanol–water partition coefficient (Wildman–Crippen LogP) is -0.358. The highest BCUT2D eigenvalue weighted by Crippen LogP contribution is 2.09. The summed E-state index contributed by atoms with van der Waals surface area (Å²) >= 11 is 0.952. The van der Waals surface area contributed by atoms with Gasteiger partial charge in [0.2, 0.25) is 5.13 Å². The maximum Gasteiger partial charge on any atom is 0.257 e. The van der Waals surface area contributed by atoms with Crippen LogP contribution in [0, 0.1) is 0 Å². The molecule has 0 aliphatic carbocycles. The smallest absolute Gasteiger partial charge is 0.257 e. The molecule has 2 N–H and O–H groups in total. The Bertz CT molecular complexity index is 265. The Morgan fingerprint density at radius 3 is 2.75 bits per heavy atom. The third-order valence-corrected chi connectivity index (χ3v) is 1.59. The van der Waals surface area contributed by atoms with Gasteiger partial charge in [-0.1, -0.05) is 9.59 Å². The first-order valence-corrected chi connectivity index (χ1v) is 3.96. The highest BCUT2D eigenvalue weighted by molar-refractivity contribution is 7.09. The van der Waals surface area contributed by atoms with E-state index in [2.05, 4.69) is 20.1 Å². The van der Waals surface area contributed by atoms with Crippen molar-refractivity contribution in [2.75, 3.05) is 5.32 Å². The van der Waals surface area contributed by atoms with Gasteiger partial charge in [0.25, 0.3) is 5.91 Å². The van der Waals surface area contributed by atoms with E-state index in [9.17, 15) is 9.90 Å². The minimum atomic E-state index is -1.41. The van der Waals surface area contributed by atoms with Crippen molar-refractivity contribution in [2.45, 2.75) is 19.4 Å². The van der Waals surface area contributed by atoms with Crippen LogP contribution in [-0.2, 0) is 4.79 Å². The maximum absolute atomic E-state index is 11.1. The summed E-state index contributed by atoms with van der Waals surface area (Å²) in [6, 6.07) is 0. The van der Waals surface area contributed by atoms with Crippen molar-refractivity contribution in [1.29, 1.82) is 0 Å². The van der Waals surface area contributed by atoms with Crippen LogP contribution in [0.2, 0.25) is 0 Å². The summed E-state index contributed by atoms with van der Waals surface area (Å²) in [7, 11) is 0. The zero-order valence-corrected chi connectivity index (χ0v) is 7.42. The normalized spacial score (nSPS) is 11.2. The molecule has 0 aliphatic rings. The van der Waals surface area contributed by atoms with Crippen molar-refractivity contribution < 1.29 is 9.90 Å². The van der Waals surface area contributed by atoms with Crippen LogP contribution in [0.5, 0.6) is 0 Å². The zero-order chi connectivity index (χ0) is 9.19. The van der Waals surface area contributed by atoms with Crippen LogP contribution in [0.3, 0.4) is 0 Å². The average Bonchev–Trinajstić information content (AvgIpc) is 2.37. The lowest BCUT2D eigenvalue weighted by molar-refractivity contribution is -0.130. The van der Waals surface area contributed by atoms with Crippen LogP contribution >= 0.6 is 11.5 Å². The molecule has 0 saturated heterocycles. The Morgan fingerprint density at radius 2 is 2.33 bits per heavy atom. The van der Waals surface area contributed by atoms with E-state index in [-0.39, 0.29) is 5.13 Å². The quantitative estimate of drug-likeness (QED) is 0.661. The van der Waals surface area contributed by atoms with Gasteiger partial charge < -0.3 is 5.11 Å². The topological polar surface area (TPSA) is 88.0 Å². The Balaban J connectivity index is 2.60. The monoisotopic (exact) mass is 188 g/mol. The highest BCUT2D eigenvalue weighted by Gasteiger charge is 2.24. The number of anilines is 1. The summed E-state index contributed by atoms with van der Waals surface area (Å²) in [6.07, 6.45) is 0. The summed E-state index contributed by atoms with van der Waals surface area (Å²) in [4.78, 5) is 11.1. The number of hydrogen-bond donors (Lipinski definition) is 2. The molecule has 1 amide bonds. The van der Waals surface area contributed by atoms with Crippen molar-refractivity contribution in [3.63, 3.8) is 0 Å². The minimum Gasteiger partial charge on any atom is -0.381 e. The number of hydrogen-bond acceptors (Lipinski definition) is 6. The molecule has 12 heavy (non-hydrogen) atoms. The molecule has 1 rings (SSSR count). The zero-order valence-electron chi connectivity index (χ0n) is 6.61. The molecule has 0 spiro atoms. The predicted molar refractivity (Wildman–Crippen MR) is 42.6 cm³/mol. The van der Waals surface area contributed by atoms with Crippen LogP contribution < -0.4 is 5.32 Å². The van der Waals surface area contributed by atoms with Crippen LogP contribution in [0.1, 0.15) is 13.8 Å². The number of rotatable bonds is 2. The van der Waals surface area contributed by atoms with E-state index in [1.807, 2.05) is 0 Å². The maximum atomic E-state index is 11.1. The van der Waals surface area contributed by atoms with Gasteiger partial charge in [0.15, 0.2) is 0 Å². The van der Waals surface area contributed by atoms with Gasteiger partial charge >= 0.3 is 0 Å². The lowest BCUT2D eigenvalue weighted by Gasteiger charge is -2.14. The van der Waals surface area contributed by atoms with Gasteiger partial charge in [0.05, 0.1) is 0 Å². The standard InChI is InChI=1S/C5H8N4O2S/c1-5(2,11)3(10)6-4-7-8-9-12-4/h11H,1-2H3,(H,6,7,9,10). The highest BCUT2D eigenvalue weighted by atomic mass is 32.1. The molecule has 0 saturated carbocycles. The van der Waals surface area contributed by atoms with E-state index in [0.717, 1.165) is 11.5 Å². The molecule has 0 radical (unpaired) electrons. The molecule has 0 aliphatic heterocycles. The molecule has 0 unspecified atom stereocenters. The Labute approximate surface area is 72.8 Å². The average molecular weight is 188 g/mol. The molecule has 66 valence electrons. The number of carbonyl (C=O) groups excluding carboxylic acids is 1. The van der Waals surface area contributed by atoms with Gasteiger partial charge in [-0.25, -0.2) is 0 Å². The van der Waals surface area contributed by atoms with Crippen LogP contribution in [0.25, 0.3) is 0 Å². The summed E-state index contributed by atoms with van der Waals surface area (Å²) < 4.78 is 3.44. The molecular weight excluding hydrogens is 180 g/mol. The van der Waals surface area contributed by atoms with Gasteiger partial charge in [0.1, 0.15) is 5.60 Å². The molecule has 0 aromatic carbocycles. The first-order valence-electron chi connectivity index (χ1n) is 3.19. The van der Waals surface area contributed by atoms with E-state index in [1.54, 1.807) is 0 Å². The molecular formula is C5H8N4O2S. The molecule has 7 heteroatoms. The number of carbonyl (C=O) groups is 1. The molecule has 1 aromatic heterocycles. The van der Waals surface area contributed by atoms with Gasteiger partial charge in [-0.2, -0.15) is 0 Å². The molecule has 0 bridgehead atoms. The Kier molecular flexibility index (Phi) is 2.34. The summed E-state index contributed by atoms with van der Waals surface area (Å²) in [6.45, 7) is 2.77. The lowest BCUT2D eigenvalue weighted by atomic mass is 10.1. The van der Waals surface area contributed by atoms with Crippen molar-refractivity contribution in [2.24, 2.45) is 0 Å². The SMILES string of the molecule is CC(C)(O)C(=O)Nc1nnns1. The number of nitrogens with one attached hydrogen (secondary N) is 1. The van der Waals surface area contributed by atoms with Crippen molar-refractivity contribution in [3.8, 4) is 0 Å². The first-order chi connectivity index (χ1) is 5.50. The molecule has 1 heterocycles. The molecule has 0 fully saturated rings. The van der Waals surface area contributed by atoms with Crippen LogP contribution in [0.4, 0.5) is 5.13 Å². The van der Waals surface area contributed by atoms with Crippen LogP contribution in [0.15, 0.2) is 0 Å². The molecule has 1 aromatic rings. The van der Waals surface area contributed by atoms with Crippen LogP contribution in [-0.4, -0.2) is 31.4 Å². The van der Waals surface area contributed by atoms with Gasteiger partial charge in [-0.15, -0.1) is 0 Å². The fourth-order valence-corrected chi connectivity index (χ4v) is 0.794. The fourth-order valence-electron chi connectivity index (χ4n) is 0.432. The second-order valence-corrected chi connectivity index (χ2v) is 3.41. The van der Waals surface area contributed by atoms with E-state index in [4.69, 9.17) is 0 Å². The van der Waals surface area contributed by atoms with Crippen molar-refractivity contribution >= 4 is 22.6 Å².